The summed E-state index contributed by atoms with van der Waals surface area (Å²) in [6, 6.07) is 9.58. The Bertz CT molecular complexity index is 1120. The van der Waals surface area contributed by atoms with E-state index in [1.54, 1.807) is 24.3 Å². The van der Waals surface area contributed by atoms with Crippen LogP contribution in [0.1, 0.15) is 18.5 Å². The number of primary amides is 1. The van der Waals surface area contributed by atoms with Crippen LogP contribution >= 0.6 is 15.9 Å². The van der Waals surface area contributed by atoms with Crippen molar-refractivity contribution >= 4 is 32.7 Å². The Kier molecular flexibility index (Phi) is 4.78. The molecule has 8 heteroatoms. The van der Waals surface area contributed by atoms with Crippen molar-refractivity contribution in [3.05, 3.63) is 79.2 Å². The van der Waals surface area contributed by atoms with E-state index in [0.29, 0.717) is 0 Å². The van der Waals surface area contributed by atoms with Crippen LogP contribution < -0.4 is 17.0 Å². The number of carbonyl (C=O) groups is 1. The summed E-state index contributed by atoms with van der Waals surface area (Å²) in [5, 5.41) is 0.135. The summed E-state index contributed by atoms with van der Waals surface area (Å²) in [4.78, 5) is 37.3. The van der Waals surface area contributed by atoms with Crippen LogP contribution in [0.4, 0.5) is 4.39 Å². The van der Waals surface area contributed by atoms with Crippen molar-refractivity contribution in [3.8, 4) is 0 Å². The zero-order chi connectivity index (χ0) is 19.0. The van der Waals surface area contributed by atoms with Gasteiger partial charge in [-0.05, 0) is 42.8 Å². The fourth-order valence-electron chi connectivity index (χ4n) is 2.76. The Balaban J connectivity index is 2.31. The van der Waals surface area contributed by atoms with E-state index in [0.717, 1.165) is 31.3 Å². The summed E-state index contributed by atoms with van der Waals surface area (Å²) < 4.78 is 16.6. The highest BCUT2D eigenvalue weighted by atomic mass is 79.9. The molecule has 0 radical (unpaired) electrons. The molecule has 0 fully saturated rings. The quantitative estimate of drug-likeness (QED) is 0.702. The lowest BCUT2D eigenvalue weighted by atomic mass is 10.2. The second-order valence-corrected chi connectivity index (χ2v) is 6.83. The van der Waals surface area contributed by atoms with Crippen LogP contribution in [0.2, 0.25) is 0 Å². The van der Waals surface area contributed by atoms with Gasteiger partial charge in [0.15, 0.2) is 0 Å². The molecule has 0 aliphatic carbocycles. The van der Waals surface area contributed by atoms with Crippen LogP contribution in [-0.4, -0.2) is 15.0 Å². The lowest BCUT2D eigenvalue weighted by Gasteiger charge is -2.17. The van der Waals surface area contributed by atoms with Gasteiger partial charge in [-0.15, -0.1) is 0 Å². The molecule has 2 N–H and O–H groups in total. The minimum Gasteiger partial charge on any atom is -0.368 e. The van der Waals surface area contributed by atoms with E-state index in [-0.39, 0.29) is 17.4 Å². The molecule has 0 spiro atoms. The molecule has 3 aromatic rings. The van der Waals surface area contributed by atoms with E-state index in [1.807, 2.05) is 0 Å². The van der Waals surface area contributed by atoms with Crippen molar-refractivity contribution in [2.24, 2.45) is 5.73 Å². The summed E-state index contributed by atoms with van der Waals surface area (Å²) >= 11 is 3.32. The second-order valence-electron chi connectivity index (χ2n) is 5.91. The van der Waals surface area contributed by atoms with E-state index in [2.05, 4.69) is 15.9 Å². The maximum absolute atomic E-state index is 13.7. The summed E-state index contributed by atoms with van der Waals surface area (Å²) in [5.74, 6) is -1.38. The number of hydrogen-bond donors (Lipinski definition) is 1. The zero-order valence-corrected chi connectivity index (χ0v) is 15.4. The molecule has 134 valence electrons. The summed E-state index contributed by atoms with van der Waals surface area (Å²) in [6.45, 7) is 1.45. The average Bonchev–Trinajstić information content (AvgIpc) is 2.60. The van der Waals surface area contributed by atoms with Crippen LogP contribution in [0.15, 0.2) is 56.5 Å². The predicted octanol–water partition coefficient (Wildman–Crippen LogP) is 2.16. The van der Waals surface area contributed by atoms with Gasteiger partial charge in [-0.2, -0.15) is 0 Å². The maximum atomic E-state index is 13.7. The average molecular weight is 420 g/mol. The largest absolute Gasteiger partial charge is 0.368 e. The number of aromatic nitrogens is 2. The molecule has 0 saturated carbocycles. The van der Waals surface area contributed by atoms with E-state index < -0.39 is 29.0 Å². The first-order chi connectivity index (χ1) is 12.3. The van der Waals surface area contributed by atoms with Crippen molar-refractivity contribution in [3.63, 3.8) is 0 Å². The molecule has 3 rings (SSSR count). The van der Waals surface area contributed by atoms with Gasteiger partial charge in [-0.3, -0.25) is 18.7 Å². The van der Waals surface area contributed by atoms with Gasteiger partial charge in [0, 0.05) is 4.47 Å². The van der Waals surface area contributed by atoms with Gasteiger partial charge in [0.2, 0.25) is 5.91 Å². The first-order valence-electron chi connectivity index (χ1n) is 7.78. The number of carbonyl (C=O) groups excluding carboxylic acids is 1. The smallest absolute Gasteiger partial charge is 0.332 e. The highest BCUT2D eigenvalue weighted by Crippen LogP contribution is 2.16. The molecule has 0 aliphatic heterocycles. The third-order valence-electron chi connectivity index (χ3n) is 4.18. The standard InChI is InChI=1S/C18H15BrFN3O3/c1-10(16(21)24)23-15-8-13(20)6-7-14(15)17(25)22(18(23)26)9-11-2-4-12(19)5-3-11/h2-8,10H,9H2,1H3,(H2,21,24). The molecule has 1 amide bonds. The van der Waals surface area contributed by atoms with Crippen molar-refractivity contribution in [1.82, 2.24) is 9.13 Å². The van der Waals surface area contributed by atoms with Gasteiger partial charge >= 0.3 is 5.69 Å². The number of benzene rings is 2. The van der Waals surface area contributed by atoms with Gasteiger partial charge in [0.1, 0.15) is 11.9 Å². The van der Waals surface area contributed by atoms with Crippen molar-refractivity contribution in [2.45, 2.75) is 19.5 Å². The topological polar surface area (TPSA) is 87.1 Å². The van der Waals surface area contributed by atoms with Gasteiger partial charge in [-0.25, -0.2) is 9.18 Å². The Labute approximate surface area is 155 Å². The molecule has 0 bridgehead atoms. The molecule has 6 nitrogen and oxygen atoms in total. The fraction of sp³-hybridized carbons (Fsp3) is 0.167. The van der Waals surface area contributed by atoms with Gasteiger partial charge in [-0.1, -0.05) is 28.1 Å². The number of hydrogen-bond acceptors (Lipinski definition) is 3. The molecular formula is C18H15BrFN3O3. The third-order valence-corrected chi connectivity index (χ3v) is 4.71. The molecule has 26 heavy (non-hydrogen) atoms. The lowest BCUT2D eigenvalue weighted by Crippen LogP contribution is -2.43. The Morgan fingerprint density at radius 2 is 1.85 bits per heavy atom. The molecule has 1 unspecified atom stereocenters. The maximum Gasteiger partial charge on any atom is 0.332 e. The van der Waals surface area contributed by atoms with Crippen LogP contribution in [0, 0.1) is 5.82 Å². The number of fused-ring (bicyclic) bond motifs is 1. The fourth-order valence-corrected chi connectivity index (χ4v) is 3.03. The number of amides is 1. The third kappa shape index (κ3) is 3.20. The molecule has 1 atom stereocenters. The number of rotatable bonds is 4. The van der Waals surface area contributed by atoms with Crippen molar-refractivity contribution < 1.29 is 9.18 Å². The monoisotopic (exact) mass is 419 g/mol. The molecule has 0 aliphatic rings. The Morgan fingerprint density at radius 3 is 2.46 bits per heavy atom. The zero-order valence-electron chi connectivity index (χ0n) is 13.8. The summed E-state index contributed by atoms with van der Waals surface area (Å²) in [5.41, 5.74) is 4.83. The Hall–Kier alpha value is -2.74. The van der Waals surface area contributed by atoms with Gasteiger partial charge in [0.25, 0.3) is 5.56 Å². The number of halogens is 2. The minimum atomic E-state index is -1.04. The summed E-state index contributed by atoms with van der Waals surface area (Å²) in [6.07, 6.45) is 0. The van der Waals surface area contributed by atoms with E-state index in [9.17, 15) is 18.8 Å². The summed E-state index contributed by atoms with van der Waals surface area (Å²) in [7, 11) is 0. The Morgan fingerprint density at radius 1 is 1.19 bits per heavy atom. The minimum absolute atomic E-state index is 0.0176. The van der Waals surface area contributed by atoms with Crippen LogP contribution in [0.25, 0.3) is 10.9 Å². The molecule has 2 aromatic carbocycles. The first-order valence-corrected chi connectivity index (χ1v) is 8.57. The van der Waals surface area contributed by atoms with Crippen molar-refractivity contribution in [2.75, 3.05) is 0 Å². The number of nitrogens with two attached hydrogens (primary N) is 1. The van der Waals surface area contributed by atoms with Gasteiger partial charge in [0.05, 0.1) is 17.4 Å². The molecular weight excluding hydrogens is 405 g/mol. The highest BCUT2D eigenvalue weighted by molar-refractivity contribution is 9.10. The second kappa shape index (κ2) is 6.87. The molecule has 1 heterocycles. The van der Waals surface area contributed by atoms with E-state index in [1.165, 1.54) is 13.0 Å². The lowest BCUT2D eigenvalue weighted by molar-refractivity contribution is -0.120. The van der Waals surface area contributed by atoms with Gasteiger partial charge < -0.3 is 5.73 Å². The predicted molar refractivity (Wildman–Crippen MR) is 99.6 cm³/mol. The number of nitrogens with zero attached hydrogens (tertiary/aromatic N) is 2. The van der Waals surface area contributed by atoms with E-state index >= 15 is 0 Å². The highest BCUT2D eigenvalue weighted by Gasteiger charge is 2.21. The first kappa shape index (κ1) is 18.1. The molecule has 0 saturated heterocycles. The molecule has 1 aromatic heterocycles. The van der Waals surface area contributed by atoms with Crippen molar-refractivity contribution in [1.29, 1.82) is 0 Å². The van der Waals surface area contributed by atoms with Crippen LogP contribution in [-0.2, 0) is 11.3 Å². The van der Waals surface area contributed by atoms with Crippen LogP contribution in [0.5, 0.6) is 0 Å². The SMILES string of the molecule is CC(C(N)=O)n1c(=O)n(Cc2ccc(Br)cc2)c(=O)c2ccc(F)cc21. The normalized spacial score (nSPS) is 12.3. The van der Waals surface area contributed by atoms with Crippen LogP contribution in [0.3, 0.4) is 0 Å². The van der Waals surface area contributed by atoms with E-state index in [4.69, 9.17) is 5.73 Å².